The number of nitrogens with zero attached hydrogens (tertiary/aromatic N) is 2. The van der Waals surface area contributed by atoms with Crippen molar-refractivity contribution in [2.75, 3.05) is 31.6 Å². The lowest BCUT2D eigenvalue weighted by Gasteiger charge is -2.26. The van der Waals surface area contributed by atoms with Crippen LogP contribution in [0.3, 0.4) is 0 Å². The zero-order chi connectivity index (χ0) is 14.4. The normalized spacial score (nSPS) is 15.9. The van der Waals surface area contributed by atoms with Gasteiger partial charge >= 0.3 is 0 Å². The van der Waals surface area contributed by atoms with Gasteiger partial charge in [0.2, 0.25) is 0 Å². The van der Waals surface area contributed by atoms with Crippen molar-refractivity contribution in [3.63, 3.8) is 0 Å². The Labute approximate surface area is 123 Å². The van der Waals surface area contributed by atoms with Crippen LogP contribution in [0.25, 0.3) is 0 Å². The number of pyridine rings is 1. The van der Waals surface area contributed by atoms with Gasteiger partial charge in [0.1, 0.15) is 11.0 Å². The van der Waals surface area contributed by atoms with Crippen LogP contribution < -0.4 is 16.6 Å². The second-order valence-electron chi connectivity index (χ2n) is 4.87. The van der Waals surface area contributed by atoms with Crippen LogP contribution in [0.5, 0.6) is 0 Å². The predicted molar refractivity (Wildman–Crippen MR) is 79.7 cm³/mol. The van der Waals surface area contributed by atoms with E-state index in [1.807, 2.05) is 0 Å². The van der Waals surface area contributed by atoms with Crippen LogP contribution in [-0.2, 0) is 0 Å². The molecule has 110 valence electrons. The number of hydrazine groups is 1. The molecule has 0 aliphatic carbocycles. The number of amides is 1. The number of nitrogens with two attached hydrogens (primary N) is 1. The first-order chi connectivity index (χ1) is 9.69. The number of likely N-dealkylation sites (tertiary alicyclic amines) is 1. The molecule has 1 amide bonds. The smallest absolute Gasteiger partial charge is 0.251 e. The van der Waals surface area contributed by atoms with Crippen molar-refractivity contribution in [3.05, 3.63) is 22.8 Å². The molecule has 7 heteroatoms. The van der Waals surface area contributed by atoms with Crippen molar-refractivity contribution in [2.24, 2.45) is 5.84 Å². The average molecular weight is 298 g/mol. The van der Waals surface area contributed by atoms with Crippen molar-refractivity contribution < 1.29 is 4.79 Å². The van der Waals surface area contributed by atoms with Gasteiger partial charge < -0.3 is 15.6 Å². The molecule has 1 aromatic heterocycles. The minimum Gasteiger partial charge on any atom is -0.351 e. The summed E-state index contributed by atoms with van der Waals surface area (Å²) in [5.41, 5.74) is 2.84. The van der Waals surface area contributed by atoms with Gasteiger partial charge in [-0.1, -0.05) is 18.0 Å². The molecule has 0 unspecified atom stereocenters. The first-order valence-corrected chi connectivity index (χ1v) is 7.21. The SMILES string of the molecule is NNc1cc(C(=O)NCCN2CCCCC2)cc(Cl)n1. The van der Waals surface area contributed by atoms with Gasteiger partial charge in [-0.05, 0) is 38.1 Å². The largest absolute Gasteiger partial charge is 0.351 e. The lowest BCUT2D eigenvalue weighted by Crippen LogP contribution is -2.37. The van der Waals surface area contributed by atoms with E-state index in [4.69, 9.17) is 17.4 Å². The maximum Gasteiger partial charge on any atom is 0.251 e. The Balaban J connectivity index is 1.83. The van der Waals surface area contributed by atoms with E-state index in [0.29, 0.717) is 17.9 Å². The number of anilines is 1. The molecule has 0 bridgehead atoms. The van der Waals surface area contributed by atoms with Crippen LogP contribution in [0.1, 0.15) is 29.6 Å². The summed E-state index contributed by atoms with van der Waals surface area (Å²) in [4.78, 5) is 18.3. The zero-order valence-corrected chi connectivity index (χ0v) is 12.1. The lowest BCUT2D eigenvalue weighted by molar-refractivity contribution is 0.0946. The predicted octanol–water partition coefficient (Wildman–Crippen LogP) is 1.24. The average Bonchev–Trinajstić information content (AvgIpc) is 2.47. The monoisotopic (exact) mass is 297 g/mol. The van der Waals surface area contributed by atoms with E-state index in [1.165, 1.54) is 25.3 Å². The molecule has 0 spiro atoms. The van der Waals surface area contributed by atoms with Crippen molar-refractivity contribution in [2.45, 2.75) is 19.3 Å². The van der Waals surface area contributed by atoms with Gasteiger partial charge in [-0.2, -0.15) is 0 Å². The number of nitrogen functional groups attached to an aromatic ring is 1. The number of halogens is 1. The number of carbonyl (C=O) groups is 1. The summed E-state index contributed by atoms with van der Waals surface area (Å²) in [6, 6.07) is 3.10. The molecule has 0 atom stereocenters. The van der Waals surface area contributed by atoms with E-state index >= 15 is 0 Å². The van der Waals surface area contributed by atoms with E-state index in [9.17, 15) is 4.79 Å². The molecule has 0 saturated carbocycles. The molecule has 4 N–H and O–H groups in total. The van der Waals surface area contributed by atoms with E-state index in [2.05, 4.69) is 20.6 Å². The molecule has 1 aliphatic heterocycles. The summed E-state index contributed by atoms with van der Waals surface area (Å²) >= 11 is 5.83. The van der Waals surface area contributed by atoms with Crippen LogP contribution in [0.4, 0.5) is 5.82 Å². The fraction of sp³-hybridized carbons (Fsp3) is 0.538. The number of nitrogens with one attached hydrogen (secondary N) is 2. The summed E-state index contributed by atoms with van der Waals surface area (Å²) in [5, 5.41) is 3.13. The molecule has 1 aliphatic rings. The Kier molecular flexibility index (Phi) is 5.58. The number of hydrogen-bond acceptors (Lipinski definition) is 5. The summed E-state index contributed by atoms with van der Waals surface area (Å²) in [6.45, 7) is 3.76. The van der Waals surface area contributed by atoms with Gasteiger partial charge in [0, 0.05) is 18.7 Å². The molecular formula is C13H20ClN5O. The highest BCUT2D eigenvalue weighted by molar-refractivity contribution is 6.29. The third kappa shape index (κ3) is 4.33. The standard InChI is InChI=1S/C13H20ClN5O/c14-11-8-10(9-12(17-11)18-15)13(20)16-4-7-19-5-2-1-3-6-19/h8-9H,1-7,15H2,(H,16,20)(H,17,18). The van der Waals surface area contributed by atoms with Gasteiger partial charge in [-0.15, -0.1) is 0 Å². The molecule has 0 aromatic carbocycles. The number of carbonyl (C=O) groups excluding carboxylic acids is 1. The third-order valence-corrected chi connectivity index (χ3v) is 3.56. The third-order valence-electron chi connectivity index (χ3n) is 3.37. The summed E-state index contributed by atoms with van der Waals surface area (Å²) < 4.78 is 0. The Morgan fingerprint density at radius 2 is 2.10 bits per heavy atom. The summed E-state index contributed by atoms with van der Waals surface area (Å²) in [5.74, 6) is 5.49. The second kappa shape index (κ2) is 7.42. The summed E-state index contributed by atoms with van der Waals surface area (Å²) in [7, 11) is 0. The summed E-state index contributed by atoms with van der Waals surface area (Å²) in [6.07, 6.45) is 3.81. The van der Waals surface area contributed by atoms with Crippen LogP contribution in [-0.4, -0.2) is 42.0 Å². The van der Waals surface area contributed by atoms with Crippen molar-refractivity contribution in [1.29, 1.82) is 0 Å². The highest BCUT2D eigenvalue weighted by Crippen LogP contribution is 2.13. The fourth-order valence-corrected chi connectivity index (χ4v) is 2.52. The van der Waals surface area contributed by atoms with E-state index < -0.39 is 0 Å². The van der Waals surface area contributed by atoms with Crippen molar-refractivity contribution >= 4 is 23.3 Å². The fourth-order valence-electron chi connectivity index (χ4n) is 2.31. The first kappa shape index (κ1) is 15.0. The topological polar surface area (TPSA) is 83.3 Å². The lowest BCUT2D eigenvalue weighted by atomic mass is 10.1. The van der Waals surface area contributed by atoms with E-state index in [-0.39, 0.29) is 11.1 Å². The van der Waals surface area contributed by atoms with Gasteiger partial charge in [0.15, 0.2) is 0 Å². The molecule has 1 aromatic rings. The maximum absolute atomic E-state index is 12.0. The van der Waals surface area contributed by atoms with Crippen LogP contribution in [0.15, 0.2) is 12.1 Å². The number of aromatic nitrogens is 1. The molecule has 2 heterocycles. The number of piperidine rings is 1. The minimum absolute atomic E-state index is 0.164. The molecule has 0 radical (unpaired) electrons. The van der Waals surface area contributed by atoms with E-state index in [0.717, 1.165) is 19.6 Å². The molecule has 1 saturated heterocycles. The van der Waals surface area contributed by atoms with Gasteiger partial charge in [-0.25, -0.2) is 10.8 Å². The molecular weight excluding hydrogens is 278 g/mol. The van der Waals surface area contributed by atoms with Crippen molar-refractivity contribution in [1.82, 2.24) is 15.2 Å². The quantitative estimate of drug-likeness (QED) is 0.433. The van der Waals surface area contributed by atoms with Crippen molar-refractivity contribution in [3.8, 4) is 0 Å². The highest BCUT2D eigenvalue weighted by Gasteiger charge is 2.11. The maximum atomic E-state index is 12.0. The van der Waals surface area contributed by atoms with Crippen LogP contribution in [0.2, 0.25) is 5.15 Å². The molecule has 20 heavy (non-hydrogen) atoms. The second-order valence-corrected chi connectivity index (χ2v) is 5.25. The number of hydrogen-bond donors (Lipinski definition) is 3. The first-order valence-electron chi connectivity index (χ1n) is 6.84. The van der Waals surface area contributed by atoms with Gasteiger partial charge in [0.05, 0.1) is 0 Å². The minimum atomic E-state index is -0.164. The zero-order valence-electron chi connectivity index (χ0n) is 11.4. The highest BCUT2D eigenvalue weighted by atomic mass is 35.5. The van der Waals surface area contributed by atoms with Gasteiger partial charge in [0.25, 0.3) is 5.91 Å². The van der Waals surface area contributed by atoms with Gasteiger partial charge in [-0.3, -0.25) is 4.79 Å². The molecule has 1 fully saturated rings. The Morgan fingerprint density at radius 1 is 1.35 bits per heavy atom. The molecule has 2 rings (SSSR count). The van der Waals surface area contributed by atoms with Crippen LogP contribution >= 0.6 is 11.6 Å². The van der Waals surface area contributed by atoms with E-state index in [1.54, 1.807) is 6.07 Å². The molecule has 6 nitrogen and oxygen atoms in total. The Bertz CT molecular complexity index is 462. The Morgan fingerprint density at radius 3 is 2.80 bits per heavy atom. The van der Waals surface area contributed by atoms with Crippen LogP contribution in [0, 0.1) is 0 Å². The Hall–Kier alpha value is -1.37. The number of rotatable bonds is 5.